The van der Waals surface area contributed by atoms with Crippen molar-refractivity contribution in [2.75, 3.05) is 20.2 Å². The van der Waals surface area contributed by atoms with Crippen LogP contribution in [0.1, 0.15) is 44.0 Å². The Bertz CT molecular complexity index is 1100. The Kier molecular flexibility index (Phi) is 8.12. The number of nitriles is 1. The molecule has 0 spiro atoms. The number of likely N-dealkylation sites (tertiary alicyclic amines) is 1. The maximum atomic E-state index is 12.9. The summed E-state index contributed by atoms with van der Waals surface area (Å²) < 4.78 is 12.2. The highest BCUT2D eigenvalue weighted by molar-refractivity contribution is 5.79. The first-order chi connectivity index (χ1) is 16.6. The third kappa shape index (κ3) is 7.30. The number of piperidine rings is 1. The number of ether oxygens (including phenoxy) is 2. The van der Waals surface area contributed by atoms with Gasteiger partial charge in [-0.3, -0.25) is 9.59 Å². The van der Waals surface area contributed by atoms with E-state index in [1.165, 1.54) is 12.0 Å². The number of methoxy groups -OCH3 is 1. The molecule has 0 unspecified atom stereocenters. The van der Waals surface area contributed by atoms with Crippen molar-refractivity contribution in [3.8, 4) is 6.07 Å². The van der Waals surface area contributed by atoms with Crippen LogP contribution in [-0.2, 0) is 32.0 Å². The van der Waals surface area contributed by atoms with Gasteiger partial charge in [0.05, 0.1) is 37.4 Å². The van der Waals surface area contributed by atoms with Crippen LogP contribution in [0.2, 0.25) is 0 Å². The molecule has 2 amide bonds. The Morgan fingerprint density at radius 3 is 2.54 bits per heavy atom. The number of carbonyl (C=O) groups is 3. The number of carbonyl (C=O) groups excluding carboxylic acids is 3. The fraction of sp³-hybridized carbons (Fsp3) is 0.480. The highest BCUT2D eigenvalue weighted by Gasteiger charge is 2.36. The van der Waals surface area contributed by atoms with Crippen molar-refractivity contribution >= 4 is 18.0 Å². The fourth-order valence-corrected chi connectivity index (χ4v) is 3.98. The van der Waals surface area contributed by atoms with Crippen LogP contribution in [0.15, 0.2) is 36.8 Å². The highest BCUT2D eigenvalue weighted by Crippen LogP contribution is 2.21. The Balaban J connectivity index is 1.65. The topological polar surface area (TPSA) is 127 Å². The monoisotopic (exact) mass is 481 g/mol. The molecule has 186 valence electrons. The molecule has 2 heterocycles. The van der Waals surface area contributed by atoms with E-state index in [0.29, 0.717) is 18.5 Å². The molecular weight excluding hydrogens is 450 g/mol. The van der Waals surface area contributed by atoms with E-state index in [2.05, 4.69) is 16.4 Å². The maximum Gasteiger partial charge on any atom is 0.410 e. The fourth-order valence-electron chi connectivity index (χ4n) is 3.98. The first-order valence-electron chi connectivity index (χ1n) is 11.4. The molecule has 0 radical (unpaired) electrons. The molecule has 10 nitrogen and oxygen atoms in total. The number of hydrogen-bond acceptors (Lipinski definition) is 7. The van der Waals surface area contributed by atoms with Crippen molar-refractivity contribution in [1.29, 1.82) is 5.26 Å². The first kappa shape index (κ1) is 25.7. The molecule has 35 heavy (non-hydrogen) atoms. The van der Waals surface area contributed by atoms with Crippen LogP contribution in [0.3, 0.4) is 0 Å². The van der Waals surface area contributed by atoms with Crippen LogP contribution in [-0.4, -0.2) is 64.3 Å². The molecular formula is C25H31N5O5. The zero-order valence-corrected chi connectivity index (χ0v) is 20.5. The third-order valence-corrected chi connectivity index (χ3v) is 5.58. The number of nitrogens with one attached hydrogen (secondary N) is 1. The van der Waals surface area contributed by atoms with Gasteiger partial charge in [0, 0.05) is 37.6 Å². The summed E-state index contributed by atoms with van der Waals surface area (Å²) in [7, 11) is 1.30. The third-order valence-electron chi connectivity index (χ3n) is 5.58. The molecule has 1 aromatic carbocycles. The number of nitrogens with zero attached hydrogens (tertiary/aromatic N) is 4. The van der Waals surface area contributed by atoms with E-state index in [9.17, 15) is 14.4 Å². The molecule has 2 atom stereocenters. The van der Waals surface area contributed by atoms with Gasteiger partial charge in [-0.1, -0.05) is 12.1 Å². The zero-order chi connectivity index (χ0) is 25.6. The molecule has 1 aromatic heterocycles. The summed E-state index contributed by atoms with van der Waals surface area (Å²) >= 11 is 0. The lowest BCUT2D eigenvalue weighted by atomic mass is 9.94. The predicted octanol–water partition coefficient (Wildman–Crippen LogP) is 2.26. The van der Waals surface area contributed by atoms with Gasteiger partial charge in [0.15, 0.2) is 0 Å². The van der Waals surface area contributed by atoms with E-state index < -0.39 is 29.6 Å². The lowest BCUT2D eigenvalue weighted by Gasteiger charge is -2.37. The van der Waals surface area contributed by atoms with Crippen LogP contribution in [0, 0.1) is 17.2 Å². The minimum atomic E-state index is -0.679. The minimum absolute atomic E-state index is 0.0854. The molecule has 1 fully saturated rings. The van der Waals surface area contributed by atoms with Crippen molar-refractivity contribution in [3.63, 3.8) is 0 Å². The quantitative estimate of drug-likeness (QED) is 0.627. The largest absolute Gasteiger partial charge is 0.469 e. The van der Waals surface area contributed by atoms with Gasteiger partial charge in [-0.25, -0.2) is 9.78 Å². The lowest BCUT2D eigenvalue weighted by Crippen LogP contribution is -2.55. The van der Waals surface area contributed by atoms with Gasteiger partial charge >= 0.3 is 12.1 Å². The molecule has 2 aromatic rings. The van der Waals surface area contributed by atoms with Gasteiger partial charge in [-0.15, -0.1) is 0 Å². The van der Waals surface area contributed by atoms with E-state index in [1.807, 2.05) is 16.7 Å². The molecule has 1 N–H and O–H groups in total. The van der Waals surface area contributed by atoms with Crippen molar-refractivity contribution < 1.29 is 23.9 Å². The standard InChI is InChI=1S/C25H31N5O5/c1-25(2,3)35-24(33)29-14-19(23(32)34-4)9-20(15-29)28-22(31)10-21-12-27-16-30(21)13-18-7-5-17(11-26)6-8-18/h5-8,12,16,19-20H,9-10,13-15H2,1-4H3,(H,28,31)/t19-,20+/m0/s1. The number of esters is 1. The lowest BCUT2D eigenvalue weighted by molar-refractivity contribution is -0.147. The summed E-state index contributed by atoms with van der Waals surface area (Å²) in [6.07, 6.45) is 3.20. The van der Waals surface area contributed by atoms with Crippen molar-refractivity contribution in [2.24, 2.45) is 5.92 Å². The van der Waals surface area contributed by atoms with Crippen LogP contribution >= 0.6 is 0 Å². The molecule has 1 saturated heterocycles. The van der Waals surface area contributed by atoms with Crippen LogP contribution < -0.4 is 5.32 Å². The van der Waals surface area contributed by atoms with Gasteiger partial charge < -0.3 is 24.3 Å². The van der Waals surface area contributed by atoms with Crippen LogP contribution in [0.5, 0.6) is 0 Å². The second-order valence-corrected chi connectivity index (χ2v) is 9.60. The Morgan fingerprint density at radius 2 is 1.91 bits per heavy atom. The second kappa shape index (κ2) is 11.0. The maximum absolute atomic E-state index is 12.9. The van der Waals surface area contributed by atoms with E-state index in [4.69, 9.17) is 14.7 Å². The van der Waals surface area contributed by atoms with Crippen molar-refractivity contribution in [3.05, 3.63) is 53.6 Å². The van der Waals surface area contributed by atoms with Gasteiger partial charge in [0.2, 0.25) is 5.91 Å². The van der Waals surface area contributed by atoms with Gasteiger partial charge in [-0.2, -0.15) is 5.26 Å². The van der Waals surface area contributed by atoms with E-state index in [1.54, 1.807) is 45.4 Å². The van der Waals surface area contributed by atoms with Crippen molar-refractivity contribution in [2.45, 2.75) is 51.8 Å². The van der Waals surface area contributed by atoms with Gasteiger partial charge in [0.25, 0.3) is 0 Å². The predicted molar refractivity (Wildman–Crippen MR) is 126 cm³/mol. The molecule has 0 saturated carbocycles. The number of amides is 2. The van der Waals surface area contributed by atoms with Crippen LogP contribution in [0.25, 0.3) is 0 Å². The number of aromatic nitrogens is 2. The number of imidazole rings is 1. The summed E-state index contributed by atoms with van der Waals surface area (Å²) in [5.74, 6) is -1.24. The average molecular weight is 482 g/mol. The van der Waals surface area contributed by atoms with E-state index in [-0.39, 0.29) is 25.4 Å². The Morgan fingerprint density at radius 1 is 1.20 bits per heavy atom. The summed E-state index contributed by atoms with van der Waals surface area (Å²) in [6.45, 7) is 6.23. The van der Waals surface area contributed by atoms with E-state index in [0.717, 1.165) is 11.3 Å². The smallest absolute Gasteiger partial charge is 0.410 e. The molecule has 0 bridgehead atoms. The normalized spacial score (nSPS) is 17.9. The first-order valence-corrected chi connectivity index (χ1v) is 11.4. The Labute approximate surface area is 204 Å². The summed E-state index contributed by atoms with van der Waals surface area (Å²) in [5.41, 5.74) is 1.60. The van der Waals surface area contributed by atoms with Gasteiger partial charge in [-0.05, 0) is 44.9 Å². The SMILES string of the molecule is COC(=O)[C@H]1C[C@@H](NC(=O)Cc2cncn2Cc2ccc(C#N)cc2)CN(C(=O)OC(C)(C)C)C1. The summed E-state index contributed by atoms with van der Waals surface area (Å²) in [5, 5.41) is 11.9. The minimum Gasteiger partial charge on any atom is -0.469 e. The zero-order valence-electron chi connectivity index (χ0n) is 20.5. The molecule has 3 rings (SSSR count). The van der Waals surface area contributed by atoms with E-state index >= 15 is 0 Å². The molecule has 10 heteroatoms. The number of rotatable bonds is 6. The summed E-state index contributed by atoms with van der Waals surface area (Å²) in [6, 6.07) is 8.88. The molecule has 0 aliphatic carbocycles. The number of hydrogen-bond donors (Lipinski definition) is 1. The molecule has 1 aliphatic heterocycles. The molecule has 1 aliphatic rings. The Hall–Kier alpha value is -3.87. The van der Waals surface area contributed by atoms with Crippen LogP contribution in [0.4, 0.5) is 4.79 Å². The highest BCUT2D eigenvalue weighted by atomic mass is 16.6. The van der Waals surface area contributed by atoms with Crippen molar-refractivity contribution in [1.82, 2.24) is 19.8 Å². The second-order valence-electron chi connectivity index (χ2n) is 9.60. The average Bonchev–Trinajstić information content (AvgIpc) is 3.23. The number of benzene rings is 1. The summed E-state index contributed by atoms with van der Waals surface area (Å²) in [4.78, 5) is 43.3. The van der Waals surface area contributed by atoms with Gasteiger partial charge in [0.1, 0.15) is 5.60 Å².